The number of rotatable bonds is 0. The maximum Gasteiger partial charge on any atom is 0.105 e. The molecule has 1 aromatic rings. The van der Waals surface area contributed by atoms with Crippen molar-refractivity contribution in [3.8, 4) is 0 Å². The summed E-state index contributed by atoms with van der Waals surface area (Å²) in [6.45, 7) is 1.94. The monoisotopic (exact) mass is 268 g/mol. The summed E-state index contributed by atoms with van der Waals surface area (Å²) in [5.74, 6) is 1.18. The van der Waals surface area contributed by atoms with Gasteiger partial charge >= 0.3 is 0 Å². The SMILES string of the molecule is Clc1ccc(Cl)c2c1CN1CCCCCC1=N2. The lowest BCUT2D eigenvalue weighted by molar-refractivity contribution is 0.403. The minimum absolute atomic E-state index is 0.709. The van der Waals surface area contributed by atoms with Crippen LogP contribution in [0.1, 0.15) is 31.2 Å². The third kappa shape index (κ3) is 2.04. The molecule has 0 unspecified atom stereocenters. The van der Waals surface area contributed by atoms with Crippen molar-refractivity contribution in [2.75, 3.05) is 6.54 Å². The minimum atomic E-state index is 0.709. The zero-order chi connectivity index (χ0) is 11.8. The molecule has 0 bridgehead atoms. The third-order valence-electron chi connectivity index (χ3n) is 3.46. The number of hydrogen-bond acceptors (Lipinski definition) is 2. The molecule has 0 amide bonds. The average molecular weight is 269 g/mol. The summed E-state index contributed by atoms with van der Waals surface area (Å²) in [5, 5.41) is 1.48. The van der Waals surface area contributed by atoms with Gasteiger partial charge in [-0.3, -0.25) is 0 Å². The maximum atomic E-state index is 6.23. The van der Waals surface area contributed by atoms with Gasteiger partial charge in [-0.05, 0) is 25.0 Å². The summed E-state index contributed by atoms with van der Waals surface area (Å²) in [6, 6.07) is 3.69. The average Bonchev–Trinajstić information content (AvgIpc) is 2.57. The Labute approximate surface area is 111 Å². The Kier molecular flexibility index (Phi) is 3.01. The molecule has 0 saturated carbocycles. The first kappa shape index (κ1) is 11.4. The Hall–Kier alpha value is -0.730. The van der Waals surface area contributed by atoms with E-state index < -0.39 is 0 Å². The summed E-state index contributed by atoms with van der Waals surface area (Å²) in [7, 11) is 0. The molecule has 0 radical (unpaired) electrons. The van der Waals surface area contributed by atoms with E-state index in [1.165, 1.54) is 25.1 Å². The molecule has 0 aromatic heterocycles. The van der Waals surface area contributed by atoms with Crippen LogP contribution in [0.3, 0.4) is 0 Å². The molecule has 1 fully saturated rings. The van der Waals surface area contributed by atoms with E-state index in [9.17, 15) is 0 Å². The van der Waals surface area contributed by atoms with Crippen molar-refractivity contribution in [3.05, 3.63) is 27.7 Å². The van der Waals surface area contributed by atoms with Gasteiger partial charge in [0.2, 0.25) is 0 Å². The Morgan fingerprint density at radius 3 is 2.76 bits per heavy atom. The van der Waals surface area contributed by atoms with E-state index in [2.05, 4.69) is 4.90 Å². The zero-order valence-corrected chi connectivity index (χ0v) is 11.1. The molecular formula is C13H14Cl2N2. The summed E-state index contributed by atoms with van der Waals surface area (Å²) in [6.07, 6.45) is 4.81. The minimum Gasteiger partial charge on any atom is -0.356 e. The van der Waals surface area contributed by atoms with Gasteiger partial charge in [-0.15, -0.1) is 0 Å². The molecule has 2 heterocycles. The summed E-state index contributed by atoms with van der Waals surface area (Å²) >= 11 is 12.4. The molecule has 4 heteroatoms. The Morgan fingerprint density at radius 2 is 1.88 bits per heavy atom. The predicted molar refractivity (Wildman–Crippen MR) is 72.4 cm³/mol. The Morgan fingerprint density at radius 1 is 1.06 bits per heavy atom. The van der Waals surface area contributed by atoms with Crippen molar-refractivity contribution in [3.63, 3.8) is 0 Å². The molecule has 0 N–H and O–H groups in total. The number of amidine groups is 1. The normalized spacial score (nSPS) is 19.2. The Balaban J connectivity index is 2.08. The van der Waals surface area contributed by atoms with Gasteiger partial charge in [-0.1, -0.05) is 29.6 Å². The first-order chi connectivity index (χ1) is 8.25. The second-order valence-corrected chi connectivity index (χ2v) is 5.43. The van der Waals surface area contributed by atoms with Gasteiger partial charge in [-0.25, -0.2) is 4.99 Å². The van der Waals surface area contributed by atoms with E-state index in [1.54, 1.807) is 0 Å². The lowest BCUT2D eigenvalue weighted by Gasteiger charge is -2.30. The summed E-state index contributed by atoms with van der Waals surface area (Å²) in [4.78, 5) is 7.06. The lowest BCUT2D eigenvalue weighted by Crippen LogP contribution is -2.32. The third-order valence-corrected chi connectivity index (χ3v) is 4.12. The quantitative estimate of drug-likeness (QED) is 0.681. The first-order valence-electron chi connectivity index (χ1n) is 6.05. The van der Waals surface area contributed by atoms with E-state index in [0.29, 0.717) is 5.02 Å². The molecule has 90 valence electrons. The van der Waals surface area contributed by atoms with Crippen molar-refractivity contribution >= 4 is 34.7 Å². The molecule has 3 rings (SSSR count). The van der Waals surface area contributed by atoms with Crippen LogP contribution in [0.25, 0.3) is 0 Å². The van der Waals surface area contributed by atoms with Crippen LogP contribution in [0.4, 0.5) is 5.69 Å². The molecule has 1 aromatic carbocycles. The highest BCUT2D eigenvalue weighted by Crippen LogP contribution is 2.39. The van der Waals surface area contributed by atoms with E-state index in [0.717, 1.165) is 35.8 Å². The summed E-state index contributed by atoms with van der Waals surface area (Å²) in [5.41, 5.74) is 1.96. The highest BCUT2D eigenvalue weighted by atomic mass is 35.5. The fourth-order valence-electron chi connectivity index (χ4n) is 2.52. The second-order valence-electron chi connectivity index (χ2n) is 4.62. The van der Waals surface area contributed by atoms with Crippen LogP contribution in [0.2, 0.25) is 10.0 Å². The Bertz CT molecular complexity index is 483. The number of benzene rings is 1. The number of hydrogen-bond donors (Lipinski definition) is 0. The van der Waals surface area contributed by atoms with Crippen molar-refractivity contribution in [2.45, 2.75) is 32.2 Å². The molecule has 2 nitrogen and oxygen atoms in total. The van der Waals surface area contributed by atoms with Crippen LogP contribution in [-0.4, -0.2) is 17.3 Å². The van der Waals surface area contributed by atoms with Crippen molar-refractivity contribution < 1.29 is 0 Å². The van der Waals surface area contributed by atoms with Crippen LogP contribution in [0.15, 0.2) is 17.1 Å². The van der Waals surface area contributed by atoms with Gasteiger partial charge < -0.3 is 4.90 Å². The van der Waals surface area contributed by atoms with Gasteiger partial charge in [0, 0.05) is 30.1 Å². The van der Waals surface area contributed by atoms with Crippen molar-refractivity contribution in [1.29, 1.82) is 0 Å². The van der Waals surface area contributed by atoms with E-state index in [-0.39, 0.29) is 0 Å². The van der Waals surface area contributed by atoms with Crippen LogP contribution in [0.5, 0.6) is 0 Å². The van der Waals surface area contributed by atoms with Gasteiger partial charge in [0.15, 0.2) is 0 Å². The first-order valence-corrected chi connectivity index (χ1v) is 6.80. The fraction of sp³-hybridized carbons (Fsp3) is 0.462. The van der Waals surface area contributed by atoms with Gasteiger partial charge in [-0.2, -0.15) is 0 Å². The molecule has 1 saturated heterocycles. The topological polar surface area (TPSA) is 15.6 Å². The van der Waals surface area contributed by atoms with E-state index in [4.69, 9.17) is 28.2 Å². The summed E-state index contributed by atoms with van der Waals surface area (Å²) < 4.78 is 0. The van der Waals surface area contributed by atoms with Crippen LogP contribution in [-0.2, 0) is 6.54 Å². The lowest BCUT2D eigenvalue weighted by atomic mass is 10.1. The van der Waals surface area contributed by atoms with Crippen molar-refractivity contribution in [2.24, 2.45) is 4.99 Å². The molecule has 0 aliphatic carbocycles. The standard InChI is InChI=1S/C13H14Cl2N2/c14-10-5-6-11(15)13-9(10)8-17-7-3-1-2-4-12(17)16-13/h5-6H,1-4,7-8H2. The molecule has 17 heavy (non-hydrogen) atoms. The molecule has 2 aliphatic heterocycles. The maximum absolute atomic E-state index is 6.23. The van der Waals surface area contributed by atoms with Crippen LogP contribution >= 0.6 is 23.2 Å². The number of nitrogens with zero attached hydrogens (tertiary/aromatic N) is 2. The van der Waals surface area contributed by atoms with Gasteiger partial charge in [0.05, 0.1) is 10.7 Å². The highest BCUT2D eigenvalue weighted by Gasteiger charge is 2.24. The zero-order valence-electron chi connectivity index (χ0n) is 9.55. The van der Waals surface area contributed by atoms with E-state index in [1.807, 2.05) is 12.1 Å². The largest absolute Gasteiger partial charge is 0.356 e. The number of aliphatic imine (C=N–C) groups is 1. The molecule has 0 atom stereocenters. The number of fused-ring (bicyclic) bond motifs is 2. The molecule has 2 aliphatic rings. The number of halogens is 2. The van der Waals surface area contributed by atoms with Crippen molar-refractivity contribution in [1.82, 2.24) is 4.90 Å². The van der Waals surface area contributed by atoms with Crippen LogP contribution < -0.4 is 0 Å². The molecule has 0 spiro atoms. The highest BCUT2D eigenvalue weighted by molar-refractivity contribution is 6.36. The van der Waals surface area contributed by atoms with Gasteiger partial charge in [0.25, 0.3) is 0 Å². The smallest absolute Gasteiger partial charge is 0.105 e. The van der Waals surface area contributed by atoms with Crippen LogP contribution in [0, 0.1) is 0 Å². The molecular weight excluding hydrogens is 255 g/mol. The van der Waals surface area contributed by atoms with E-state index >= 15 is 0 Å². The fourth-order valence-corrected chi connectivity index (χ4v) is 2.95. The van der Waals surface area contributed by atoms with Gasteiger partial charge in [0.1, 0.15) is 5.84 Å². The predicted octanol–water partition coefficient (Wildman–Crippen LogP) is 4.41. The second kappa shape index (κ2) is 4.51.